The number of carbonyl (C=O) groups is 1. The second-order valence-electron chi connectivity index (χ2n) is 5.74. The number of aryl methyl sites for hydroxylation is 2. The smallest absolute Gasteiger partial charge is 0.408 e. The van der Waals surface area contributed by atoms with Crippen LogP contribution in [0.1, 0.15) is 37.6 Å². The van der Waals surface area contributed by atoms with Gasteiger partial charge in [-0.2, -0.15) is 0 Å². The SMILES string of the molecule is CCCCc1nnc(NC(=O)CCCn2c(=O)oc3ccccc32)s1. The van der Waals surface area contributed by atoms with E-state index >= 15 is 0 Å². The van der Waals surface area contributed by atoms with E-state index in [4.69, 9.17) is 4.42 Å². The molecule has 7 nitrogen and oxygen atoms in total. The van der Waals surface area contributed by atoms with Crippen molar-refractivity contribution >= 4 is 33.5 Å². The Kier molecular flexibility index (Phi) is 5.60. The number of amides is 1. The van der Waals surface area contributed by atoms with E-state index in [-0.39, 0.29) is 5.91 Å². The minimum absolute atomic E-state index is 0.126. The van der Waals surface area contributed by atoms with Gasteiger partial charge in [-0.25, -0.2) is 4.79 Å². The molecule has 0 unspecified atom stereocenters. The van der Waals surface area contributed by atoms with Crippen LogP contribution in [0.5, 0.6) is 0 Å². The fourth-order valence-electron chi connectivity index (χ4n) is 2.54. The molecule has 2 aromatic heterocycles. The van der Waals surface area contributed by atoms with Crippen LogP contribution in [0, 0.1) is 0 Å². The second kappa shape index (κ2) is 8.06. The van der Waals surface area contributed by atoms with Crippen LogP contribution in [0.4, 0.5) is 5.13 Å². The minimum atomic E-state index is -0.397. The highest BCUT2D eigenvalue weighted by Gasteiger charge is 2.11. The van der Waals surface area contributed by atoms with Gasteiger partial charge in [0.1, 0.15) is 5.01 Å². The van der Waals surface area contributed by atoms with E-state index in [0.29, 0.717) is 30.1 Å². The monoisotopic (exact) mass is 360 g/mol. The van der Waals surface area contributed by atoms with Gasteiger partial charge in [0, 0.05) is 19.4 Å². The van der Waals surface area contributed by atoms with Crippen LogP contribution in [0.15, 0.2) is 33.5 Å². The van der Waals surface area contributed by atoms with Crippen molar-refractivity contribution in [1.29, 1.82) is 0 Å². The van der Waals surface area contributed by atoms with Crippen molar-refractivity contribution in [2.45, 2.75) is 45.6 Å². The Bertz CT molecular complexity index is 912. The Balaban J connectivity index is 1.51. The maximum atomic E-state index is 12.0. The Labute approximate surface area is 148 Å². The summed E-state index contributed by atoms with van der Waals surface area (Å²) >= 11 is 1.41. The summed E-state index contributed by atoms with van der Waals surface area (Å²) in [6.45, 7) is 2.55. The summed E-state index contributed by atoms with van der Waals surface area (Å²) in [6.07, 6.45) is 3.90. The normalized spacial score (nSPS) is 11.1. The van der Waals surface area contributed by atoms with Gasteiger partial charge in [0.15, 0.2) is 5.58 Å². The highest BCUT2D eigenvalue weighted by Crippen LogP contribution is 2.17. The number of nitrogens with zero attached hydrogens (tertiary/aromatic N) is 3. The van der Waals surface area contributed by atoms with Crippen molar-refractivity contribution in [2.24, 2.45) is 0 Å². The quantitative estimate of drug-likeness (QED) is 0.666. The molecule has 2 heterocycles. The topological polar surface area (TPSA) is 90.0 Å². The molecular weight excluding hydrogens is 340 g/mol. The van der Waals surface area contributed by atoms with Crippen molar-refractivity contribution in [1.82, 2.24) is 14.8 Å². The molecule has 0 bridgehead atoms. The molecule has 8 heteroatoms. The number of hydrogen-bond acceptors (Lipinski definition) is 6. The van der Waals surface area contributed by atoms with Gasteiger partial charge in [-0.05, 0) is 25.0 Å². The number of benzene rings is 1. The summed E-state index contributed by atoms with van der Waals surface area (Å²) in [4.78, 5) is 23.9. The van der Waals surface area contributed by atoms with E-state index in [0.717, 1.165) is 29.8 Å². The van der Waals surface area contributed by atoms with E-state index in [1.54, 1.807) is 10.6 Å². The van der Waals surface area contributed by atoms with E-state index in [9.17, 15) is 9.59 Å². The molecule has 0 aliphatic heterocycles. The third-order valence-electron chi connectivity index (χ3n) is 3.82. The molecule has 0 atom stereocenters. The van der Waals surface area contributed by atoms with Gasteiger partial charge in [-0.3, -0.25) is 9.36 Å². The van der Waals surface area contributed by atoms with E-state index < -0.39 is 5.76 Å². The van der Waals surface area contributed by atoms with Crippen LogP contribution in [0.25, 0.3) is 11.1 Å². The number of oxazole rings is 1. The van der Waals surface area contributed by atoms with Crippen molar-refractivity contribution < 1.29 is 9.21 Å². The van der Waals surface area contributed by atoms with Gasteiger partial charge < -0.3 is 9.73 Å². The molecule has 25 heavy (non-hydrogen) atoms. The van der Waals surface area contributed by atoms with Gasteiger partial charge >= 0.3 is 5.76 Å². The van der Waals surface area contributed by atoms with Gasteiger partial charge in [-0.15, -0.1) is 10.2 Å². The predicted molar refractivity (Wildman–Crippen MR) is 96.9 cm³/mol. The zero-order valence-corrected chi connectivity index (χ0v) is 14.8. The van der Waals surface area contributed by atoms with Crippen LogP contribution in [-0.4, -0.2) is 20.7 Å². The molecule has 0 aliphatic rings. The molecule has 1 aromatic carbocycles. The number of fused-ring (bicyclic) bond motifs is 1. The van der Waals surface area contributed by atoms with Crippen LogP contribution in [-0.2, 0) is 17.8 Å². The van der Waals surface area contributed by atoms with E-state index in [2.05, 4.69) is 22.4 Å². The summed E-state index contributed by atoms with van der Waals surface area (Å²) in [6, 6.07) is 7.26. The number of hydrogen-bond donors (Lipinski definition) is 1. The maximum Gasteiger partial charge on any atom is 0.419 e. The molecule has 1 N–H and O–H groups in total. The molecule has 0 saturated carbocycles. The number of unbranched alkanes of at least 4 members (excludes halogenated alkanes) is 1. The zero-order valence-electron chi connectivity index (χ0n) is 14.0. The van der Waals surface area contributed by atoms with Crippen LogP contribution in [0.2, 0.25) is 0 Å². The summed E-state index contributed by atoms with van der Waals surface area (Å²) in [5, 5.41) is 12.3. The third-order valence-corrected chi connectivity index (χ3v) is 4.72. The lowest BCUT2D eigenvalue weighted by Crippen LogP contribution is -2.17. The summed E-state index contributed by atoms with van der Waals surface area (Å²) in [5.74, 6) is -0.523. The molecule has 3 rings (SSSR count). The predicted octanol–water partition coefficient (Wildman–Crippen LogP) is 3.21. The number of carbonyl (C=O) groups excluding carboxylic acids is 1. The first kappa shape index (κ1) is 17.3. The Hall–Kier alpha value is -2.48. The molecule has 132 valence electrons. The van der Waals surface area contributed by atoms with Crippen LogP contribution >= 0.6 is 11.3 Å². The number of aromatic nitrogens is 3. The van der Waals surface area contributed by atoms with Crippen molar-refractivity contribution in [2.75, 3.05) is 5.32 Å². The second-order valence-corrected chi connectivity index (χ2v) is 6.81. The molecule has 0 saturated heterocycles. The summed E-state index contributed by atoms with van der Waals surface area (Å²) < 4.78 is 6.73. The van der Waals surface area contributed by atoms with Gasteiger partial charge in [-0.1, -0.05) is 36.8 Å². The molecule has 0 spiro atoms. The Morgan fingerprint density at radius 2 is 2.12 bits per heavy atom. The average Bonchev–Trinajstić information content (AvgIpc) is 3.17. The summed E-state index contributed by atoms with van der Waals surface area (Å²) in [5.41, 5.74) is 1.31. The number of para-hydroxylation sites is 2. The molecule has 0 aliphatic carbocycles. The summed E-state index contributed by atoms with van der Waals surface area (Å²) in [7, 11) is 0. The van der Waals surface area contributed by atoms with Gasteiger partial charge in [0.2, 0.25) is 11.0 Å². The van der Waals surface area contributed by atoms with Gasteiger partial charge in [0.05, 0.1) is 5.52 Å². The van der Waals surface area contributed by atoms with Crippen molar-refractivity contribution in [3.63, 3.8) is 0 Å². The number of rotatable bonds is 8. The van der Waals surface area contributed by atoms with E-state index in [1.807, 2.05) is 18.2 Å². The highest BCUT2D eigenvalue weighted by atomic mass is 32.1. The molecule has 3 aromatic rings. The van der Waals surface area contributed by atoms with E-state index in [1.165, 1.54) is 11.3 Å². The lowest BCUT2D eigenvalue weighted by atomic mass is 10.3. The largest absolute Gasteiger partial charge is 0.419 e. The molecule has 0 fully saturated rings. The number of nitrogens with one attached hydrogen (secondary N) is 1. The average molecular weight is 360 g/mol. The zero-order chi connectivity index (χ0) is 17.6. The lowest BCUT2D eigenvalue weighted by molar-refractivity contribution is -0.116. The van der Waals surface area contributed by atoms with Crippen molar-refractivity contribution in [3.8, 4) is 0 Å². The first-order valence-corrected chi connectivity index (χ1v) is 9.19. The molecular formula is C17H20N4O3S. The molecule has 0 radical (unpaired) electrons. The fourth-order valence-corrected chi connectivity index (χ4v) is 3.34. The first-order valence-electron chi connectivity index (χ1n) is 8.38. The molecule has 1 amide bonds. The maximum absolute atomic E-state index is 12.0. The van der Waals surface area contributed by atoms with Crippen LogP contribution < -0.4 is 11.1 Å². The Morgan fingerprint density at radius 3 is 2.96 bits per heavy atom. The van der Waals surface area contributed by atoms with Crippen LogP contribution in [0.3, 0.4) is 0 Å². The van der Waals surface area contributed by atoms with Crippen molar-refractivity contribution in [3.05, 3.63) is 39.8 Å². The first-order chi connectivity index (χ1) is 12.2. The number of anilines is 1. The lowest BCUT2D eigenvalue weighted by Gasteiger charge is -2.02. The van der Waals surface area contributed by atoms with Gasteiger partial charge in [0.25, 0.3) is 0 Å². The highest BCUT2D eigenvalue weighted by molar-refractivity contribution is 7.15. The fraction of sp³-hybridized carbons (Fsp3) is 0.412. The minimum Gasteiger partial charge on any atom is -0.408 e. The standard InChI is InChI=1S/C17H20N4O3S/c1-2-3-10-15-19-20-16(25-15)18-14(22)9-6-11-21-12-7-4-5-8-13(12)24-17(21)23/h4-5,7-8H,2-3,6,9-11H2,1H3,(H,18,20,22). The third kappa shape index (κ3) is 4.33. The Morgan fingerprint density at radius 1 is 1.28 bits per heavy atom.